The van der Waals surface area contributed by atoms with Crippen molar-refractivity contribution in [2.45, 2.75) is 13.5 Å². The SMILES string of the molecule is COc1ccnc(COc2ccc(Br)cc2C)c1OC. The second-order valence-electron chi connectivity index (χ2n) is 4.19. The quantitative estimate of drug-likeness (QED) is 0.833. The molecule has 0 atom stereocenters. The Morgan fingerprint density at radius 1 is 1.10 bits per heavy atom. The molecule has 0 fully saturated rings. The first-order valence-electron chi connectivity index (χ1n) is 6.10. The maximum absolute atomic E-state index is 5.80. The standard InChI is InChI=1S/C15H16BrNO3/c1-10-8-11(16)4-5-13(10)20-9-12-15(19-3)14(18-2)6-7-17-12/h4-8H,9H2,1-3H3. The summed E-state index contributed by atoms with van der Waals surface area (Å²) in [6.45, 7) is 2.32. The number of hydrogen-bond acceptors (Lipinski definition) is 4. The van der Waals surface area contributed by atoms with Crippen LogP contribution >= 0.6 is 15.9 Å². The maximum Gasteiger partial charge on any atom is 0.185 e. The van der Waals surface area contributed by atoms with E-state index in [1.807, 2.05) is 25.1 Å². The molecule has 1 aromatic heterocycles. The van der Waals surface area contributed by atoms with Gasteiger partial charge in [-0.25, -0.2) is 0 Å². The Bertz CT molecular complexity index is 602. The minimum atomic E-state index is 0.322. The van der Waals surface area contributed by atoms with Gasteiger partial charge in [0.05, 0.1) is 14.2 Å². The van der Waals surface area contributed by atoms with E-state index in [9.17, 15) is 0 Å². The first-order chi connectivity index (χ1) is 9.65. The highest BCUT2D eigenvalue weighted by molar-refractivity contribution is 9.10. The molecule has 20 heavy (non-hydrogen) atoms. The molecule has 0 aliphatic rings. The van der Waals surface area contributed by atoms with Crippen LogP contribution in [0.4, 0.5) is 0 Å². The molecule has 2 aromatic rings. The van der Waals surface area contributed by atoms with E-state index in [1.165, 1.54) is 0 Å². The van der Waals surface area contributed by atoms with Gasteiger partial charge >= 0.3 is 0 Å². The van der Waals surface area contributed by atoms with Crippen LogP contribution in [-0.4, -0.2) is 19.2 Å². The monoisotopic (exact) mass is 337 g/mol. The van der Waals surface area contributed by atoms with E-state index in [-0.39, 0.29) is 0 Å². The van der Waals surface area contributed by atoms with Gasteiger partial charge in [0.15, 0.2) is 11.5 Å². The van der Waals surface area contributed by atoms with Gasteiger partial charge in [-0.15, -0.1) is 0 Å². The van der Waals surface area contributed by atoms with Gasteiger partial charge in [-0.05, 0) is 30.7 Å². The fourth-order valence-corrected chi connectivity index (χ4v) is 2.35. The third kappa shape index (κ3) is 3.22. The Hall–Kier alpha value is -1.75. The van der Waals surface area contributed by atoms with Crippen LogP contribution in [0.25, 0.3) is 0 Å². The molecule has 0 saturated heterocycles. The van der Waals surface area contributed by atoms with Crippen molar-refractivity contribution < 1.29 is 14.2 Å². The lowest BCUT2D eigenvalue weighted by molar-refractivity contribution is 0.283. The molecule has 0 spiro atoms. The van der Waals surface area contributed by atoms with Gasteiger partial charge < -0.3 is 14.2 Å². The third-order valence-electron chi connectivity index (χ3n) is 2.87. The van der Waals surface area contributed by atoms with Gasteiger partial charge in [0.1, 0.15) is 18.1 Å². The zero-order valence-corrected chi connectivity index (χ0v) is 13.2. The average Bonchev–Trinajstić information content (AvgIpc) is 2.45. The minimum Gasteiger partial charge on any atom is -0.493 e. The maximum atomic E-state index is 5.80. The van der Waals surface area contributed by atoms with Crippen molar-refractivity contribution in [3.8, 4) is 17.2 Å². The number of aryl methyl sites for hydroxylation is 1. The fraction of sp³-hybridized carbons (Fsp3) is 0.267. The molecular formula is C15H16BrNO3. The molecular weight excluding hydrogens is 322 g/mol. The van der Waals surface area contributed by atoms with Crippen LogP contribution in [0.15, 0.2) is 34.9 Å². The Morgan fingerprint density at radius 3 is 2.55 bits per heavy atom. The number of aromatic nitrogens is 1. The molecule has 106 valence electrons. The summed E-state index contributed by atoms with van der Waals surface area (Å²) >= 11 is 3.43. The summed E-state index contributed by atoms with van der Waals surface area (Å²) < 4.78 is 17.4. The lowest BCUT2D eigenvalue weighted by Gasteiger charge is -2.13. The van der Waals surface area contributed by atoms with E-state index in [1.54, 1.807) is 26.5 Å². The zero-order chi connectivity index (χ0) is 14.5. The molecule has 0 aliphatic carbocycles. The molecule has 5 heteroatoms. The molecule has 1 heterocycles. The highest BCUT2D eigenvalue weighted by Crippen LogP contribution is 2.30. The minimum absolute atomic E-state index is 0.322. The Kier molecular flexibility index (Phi) is 4.84. The van der Waals surface area contributed by atoms with Gasteiger partial charge in [-0.1, -0.05) is 15.9 Å². The first kappa shape index (κ1) is 14.7. The number of pyridine rings is 1. The smallest absolute Gasteiger partial charge is 0.185 e. The zero-order valence-electron chi connectivity index (χ0n) is 11.6. The van der Waals surface area contributed by atoms with E-state index >= 15 is 0 Å². The highest BCUT2D eigenvalue weighted by atomic mass is 79.9. The normalized spacial score (nSPS) is 10.2. The Labute approximate surface area is 126 Å². The van der Waals surface area contributed by atoms with Crippen molar-refractivity contribution in [3.05, 3.63) is 46.2 Å². The van der Waals surface area contributed by atoms with Crippen molar-refractivity contribution in [2.75, 3.05) is 14.2 Å². The van der Waals surface area contributed by atoms with Crippen LogP contribution < -0.4 is 14.2 Å². The molecule has 1 aromatic carbocycles. The van der Waals surface area contributed by atoms with E-state index in [4.69, 9.17) is 14.2 Å². The largest absolute Gasteiger partial charge is 0.493 e. The molecule has 4 nitrogen and oxygen atoms in total. The predicted octanol–water partition coefficient (Wildman–Crippen LogP) is 3.75. The lowest BCUT2D eigenvalue weighted by atomic mass is 10.2. The van der Waals surface area contributed by atoms with Crippen LogP contribution in [0.2, 0.25) is 0 Å². The van der Waals surface area contributed by atoms with Crippen molar-refractivity contribution in [2.24, 2.45) is 0 Å². The summed E-state index contributed by atoms with van der Waals surface area (Å²) in [6.07, 6.45) is 1.68. The van der Waals surface area contributed by atoms with Crippen LogP contribution in [0.1, 0.15) is 11.3 Å². The molecule has 0 amide bonds. The number of nitrogens with zero attached hydrogens (tertiary/aromatic N) is 1. The number of benzene rings is 1. The van der Waals surface area contributed by atoms with E-state index in [0.717, 1.165) is 15.8 Å². The topological polar surface area (TPSA) is 40.6 Å². The van der Waals surface area contributed by atoms with Crippen molar-refractivity contribution in [3.63, 3.8) is 0 Å². The molecule has 0 radical (unpaired) electrons. The summed E-state index contributed by atoms with van der Waals surface area (Å²) in [7, 11) is 3.19. The third-order valence-corrected chi connectivity index (χ3v) is 3.36. The molecule has 0 aliphatic heterocycles. The van der Waals surface area contributed by atoms with E-state index in [0.29, 0.717) is 23.8 Å². The van der Waals surface area contributed by atoms with Crippen molar-refractivity contribution in [1.29, 1.82) is 0 Å². The Balaban J connectivity index is 2.18. The van der Waals surface area contributed by atoms with Crippen molar-refractivity contribution in [1.82, 2.24) is 4.98 Å². The van der Waals surface area contributed by atoms with Crippen LogP contribution in [0.3, 0.4) is 0 Å². The lowest BCUT2D eigenvalue weighted by Crippen LogP contribution is -2.03. The highest BCUT2D eigenvalue weighted by Gasteiger charge is 2.12. The summed E-state index contributed by atoms with van der Waals surface area (Å²) in [6, 6.07) is 7.63. The van der Waals surface area contributed by atoms with Gasteiger partial charge in [0.2, 0.25) is 0 Å². The summed E-state index contributed by atoms with van der Waals surface area (Å²) in [5.41, 5.74) is 1.76. The summed E-state index contributed by atoms with van der Waals surface area (Å²) in [4.78, 5) is 4.28. The van der Waals surface area contributed by atoms with E-state index < -0.39 is 0 Å². The number of hydrogen-bond donors (Lipinski definition) is 0. The summed E-state index contributed by atoms with van der Waals surface area (Å²) in [5.74, 6) is 2.07. The van der Waals surface area contributed by atoms with Gasteiger partial charge in [0.25, 0.3) is 0 Å². The summed E-state index contributed by atoms with van der Waals surface area (Å²) in [5, 5.41) is 0. The van der Waals surface area contributed by atoms with Crippen LogP contribution in [-0.2, 0) is 6.61 Å². The molecule has 0 unspecified atom stereocenters. The second-order valence-corrected chi connectivity index (χ2v) is 5.11. The van der Waals surface area contributed by atoms with Crippen molar-refractivity contribution >= 4 is 15.9 Å². The van der Waals surface area contributed by atoms with Gasteiger partial charge in [0, 0.05) is 16.7 Å². The number of ether oxygens (including phenoxy) is 3. The van der Waals surface area contributed by atoms with Crippen LogP contribution in [0.5, 0.6) is 17.2 Å². The number of halogens is 1. The van der Waals surface area contributed by atoms with Gasteiger partial charge in [-0.3, -0.25) is 4.98 Å². The Morgan fingerprint density at radius 2 is 1.90 bits per heavy atom. The first-order valence-corrected chi connectivity index (χ1v) is 6.89. The molecule has 0 saturated carbocycles. The molecule has 0 N–H and O–H groups in total. The van der Waals surface area contributed by atoms with Crippen LogP contribution in [0, 0.1) is 6.92 Å². The number of methoxy groups -OCH3 is 2. The number of rotatable bonds is 5. The molecule has 2 rings (SSSR count). The second kappa shape index (κ2) is 6.61. The van der Waals surface area contributed by atoms with E-state index in [2.05, 4.69) is 20.9 Å². The van der Waals surface area contributed by atoms with Gasteiger partial charge in [-0.2, -0.15) is 0 Å². The fourth-order valence-electron chi connectivity index (χ4n) is 1.87. The molecule has 0 bridgehead atoms. The predicted molar refractivity (Wildman–Crippen MR) is 80.6 cm³/mol. The average molecular weight is 338 g/mol.